The molecule has 0 aliphatic carbocycles. The van der Waals surface area contributed by atoms with Crippen molar-refractivity contribution in [2.45, 2.75) is 26.9 Å². The number of hydrogen-bond donors (Lipinski definition) is 2. The molecule has 0 aliphatic heterocycles. The largest absolute Gasteiger partial charge is 0.392 e. The van der Waals surface area contributed by atoms with E-state index >= 15 is 0 Å². The third-order valence-electron chi connectivity index (χ3n) is 3.54. The molecule has 2 aromatic rings. The van der Waals surface area contributed by atoms with Gasteiger partial charge in [0.1, 0.15) is 0 Å². The normalized spacial score (nSPS) is 10.4. The molecule has 3 nitrogen and oxygen atoms in total. The molecule has 21 heavy (non-hydrogen) atoms. The molecule has 0 aromatic heterocycles. The molecule has 3 heteroatoms. The molecule has 2 rings (SSSR count). The van der Waals surface area contributed by atoms with E-state index in [9.17, 15) is 4.79 Å². The molecule has 0 atom stereocenters. The van der Waals surface area contributed by atoms with Crippen molar-refractivity contribution in [2.24, 2.45) is 0 Å². The Balaban J connectivity index is 1.90. The van der Waals surface area contributed by atoms with Crippen LogP contribution in [0.5, 0.6) is 0 Å². The average molecular weight is 283 g/mol. The Morgan fingerprint density at radius 2 is 1.71 bits per heavy atom. The van der Waals surface area contributed by atoms with Gasteiger partial charge in [-0.3, -0.25) is 4.79 Å². The fraction of sp³-hybridized carbons (Fsp3) is 0.278. The Morgan fingerprint density at radius 3 is 2.38 bits per heavy atom. The van der Waals surface area contributed by atoms with E-state index in [0.717, 1.165) is 34.2 Å². The van der Waals surface area contributed by atoms with Gasteiger partial charge in [-0.05, 0) is 43.0 Å². The highest BCUT2D eigenvalue weighted by Crippen LogP contribution is 2.10. The first-order chi connectivity index (χ1) is 10.1. The molecule has 0 radical (unpaired) electrons. The van der Waals surface area contributed by atoms with Crippen molar-refractivity contribution in [3.05, 3.63) is 70.3 Å². The van der Waals surface area contributed by atoms with Gasteiger partial charge >= 0.3 is 0 Å². The third kappa shape index (κ3) is 4.17. The molecule has 0 spiro atoms. The van der Waals surface area contributed by atoms with Crippen LogP contribution in [0.3, 0.4) is 0 Å². The molecule has 2 N–H and O–H groups in total. The van der Waals surface area contributed by atoms with Crippen molar-refractivity contribution in [3.63, 3.8) is 0 Å². The van der Waals surface area contributed by atoms with Crippen LogP contribution in [0.4, 0.5) is 0 Å². The molecule has 1 amide bonds. The number of aliphatic hydroxyl groups is 1. The van der Waals surface area contributed by atoms with E-state index in [-0.39, 0.29) is 12.5 Å². The Kier molecular flexibility index (Phi) is 5.12. The highest BCUT2D eigenvalue weighted by atomic mass is 16.3. The maximum absolute atomic E-state index is 12.2. The van der Waals surface area contributed by atoms with Gasteiger partial charge < -0.3 is 10.4 Å². The van der Waals surface area contributed by atoms with Gasteiger partial charge in [-0.1, -0.05) is 42.0 Å². The number of rotatable bonds is 5. The van der Waals surface area contributed by atoms with E-state index in [4.69, 9.17) is 5.11 Å². The van der Waals surface area contributed by atoms with E-state index in [1.807, 2.05) is 56.3 Å². The van der Waals surface area contributed by atoms with E-state index in [2.05, 4.69) is 5.32 Å². The van der Waals surface area contributed by atoms with Crippen LogP contribution < -0.4 is 5.32 Å². The summed E-state index contributed by atoms with van der Waals surface area (Å²) in [5.74, 6) is -0.0248. The van der Waals surface area contributed by atoms with Crippen LogP contribution >= 0.6 is 0 Å². The average Bonchev–Trinajstić information content (AvgIpc) is 2.50. The highest BCUT2D eigenvalue weighted by Gasteiger charge is 2.08. The summed E-state index contributed by atoms with van der Waals surface area (Å²) in [6, 6.07) is 13.7. The Morgan fingerprint density at radius 1 is 1.05 bits per heavy atom. The van der Waals surface area contributed by atoms with Crippen LogP contribution in [0, 0.1) is 13.8 Å². The van der Waals surface area contributed by atoms with Gasteiger partial charge in [0.2, 0.25) is 0 Å². The van der Waals surface area contributed by atoms with Crippen LogP contribution in [0.25, 0.3) is 0 Å². The molecule has 0 saturated carbocycles. The van der Waals surface area contributed by atoms with Crippen LogP contribution in [0.15, 0.2) is 42.5 Å². The number of aliphatic hydroxyl groups excluding tert-OH is 1. The number of nitrogens with one attached hydrogen (secondary N) is 1. The van der Waals surface area contributed by atoms with E-state index in [1.165, 1.54) is 0 Å². The van der Waals surface area contributed by atoms with E-state index in [1.54, 1.807) is 0 Å². The maximum Gasteiger partial charge on any atom is 0.251 e. The maximum atomic E-state index is 12.2. The second kappa shape index (κ2) is 7.04. The zero-order chi connectivity index (χ0) is 15.2. The zero-order valence-electron chi connectivity index (χ0n) is 12.5. The van der Waals surface area contributed by atoms with Gasteiger partial charge in [0, 0.05) is 12.1 Å². The van der Waals surface area contributed by atoms with Gasteiger partial charge in [-0.25, -0.2) is 0 Å². The first-order valence-corrected chi connectivity index (χ1v) is 7.14. The minimum Gasteiger partial charge on any atom is -0.392 e. The summed E-state index contributed by atoms with van der Waals surface area (Å²) in [6.07, 6.45) is 0.780. The first kappa shape index (κ1) is 15.3. The predicted molar refractivity (Wildman–Crippen MR) is 84.3 cm³/mol. The standard InChI is InChI=1S/C18H21NO2/c1-13-3-4-14(2)17(11-13)18(21)19-10-9-15-5-7-16(12-20)8-6-15/h3-8,11,20H,9-10,12H2,1-2H3,(H,19,21). The number of carbonyl (C=O) groups excluding carboxylic acids is 1. The molecule has 0 aliphatic rings. The second-order valence-corrected chi connectivity index (χ2v) is 5.30. The highest BCUT2D eigenvalue weighted by molar-refractivity contribution is 5.95. The predicted octanol–water partition coefficient (Wildman–Crippen LogP) is 2.77. The fourth-order valence-corrected chi connectivity index (χ4v) is 2.21. The Hall–Kier alpha value is -2.13. The summed E-state index contributed by atoms with van der Waals surface area (Å²) in [5, 5.41) is 12.0. The third-order valence-corrected chi connectivity index (χ3v) is 3.54. The Labute approximate surface area is 125 Å². The minimum absolute atomic E-state index is 0.0248. The minimum atomic E-state index is -0.0248. The summed E-state index contributed by atoms with van der Waals surface area (Å²) in [6.45, 7) is 4.59. The number of benzene rings is 2. The van der Waals surface area contributed by atoms with Crippen molar-refractivity contribution in [3.8, 4) is 0 Å². The van der Waals surface area contributed by atoms with Gasteiger partial charge in [0.15, 0.2) is 0 Å². The molecule has 0 fully saturated rings. The topological polar surface area (TPSA) is 49.3 Å². The summed E-state index contributed by atoms with van der Waals surface area (Å²) in [5.41, 5.74) is 4.87. The van der Waals surface area contributed by atoms with E-state index in [0.29, 0.717) is 6.54 Å². The summed E-state index contributed by atoms with van der Waals surface area (Å²) in [4.78, 5) is 12.2. The molecule has 0 heterocycles. The summed E-state index contributed by atoms with van der Waals surface area (Å²) < 4.78 is 0. The second-order valence-electron chi connectivity index (χ2n) is 5.30. The lowest BCUT2D eigenvalue weighted by molar-refractivity contribution is 0.0953. The molecular formula is C18H21NO2. The van der Waals surface area contributed by atoms with Crippen LogP contribution in [0.2, 0.25) is 0 Å². The monoisotopic (exact) mass is 283 g/mol. The van der Waals surface area contributed by atoms with Crippen molar-refractivity contribution < 1.29 is 9.90 Å². The lowest BCUT2D eigenvalue weighted by Gasteiger charge is -2.09. The smallest absolute Gasteiger partial charge is 0.251 e. The number of hydrogen-bond acceptors (Lipinski definition) is 2. The van der Waals surface area contributed by atoms with Crippen LogP contribution in [0.1, 0.15) is 32.6 Å². The van der Waals surface area contributed by atoms with E-state index < -0.39 is 0 Å². The molecule has 110 valence electrons. The fourth-order valence-electron chi connectivity index (χ4n) is 2.21. The van der Waals surface area contributed by atoms with Gasteiger partial charge in [-0.15, -0.1) is 0 Å². The molecule has 0 bridgehead atoms. The molecule has 0 unspecified atom stereocenters. The van der Waals surface area contributed by atoms with Crippen molar-refractivity contribution >= 4 is 5.91 Å². The summed E-state index contributed by atoms with van der Waals surface area (Å²) in [7, 11) is 0. The quantitative estimate of drug-likeness (QED) is 0.886. The lowest BCUT2D eigenvalue weighted by Crippen LogP contribution is -2.26. The van der Waals surface area contributed by atoms with Crippen LogP contribution in [-0.4, -0.2) is 17.6 Å². The van der Waals surface area contributed by atoms with Crippen molar-refractivity contribution in [2.75, 3.05) is 6.54 Å². The van der Waals surface area contributed by atoms with Gasteiger partial charge in [0.25, 0.3) is 5.91 Å². The molecule has 0 saturated heterocycles. The summed E-state index contributed by atoms with van der Waals surface area (Å²) >= 11 is 0. The van der Waals surface area contributed by atoms with Gasteiger partial charge in [-0.2, -0.15) is 0 Å². The number of amides is 1. The van der Waals surface area contributed by atoms with Crippen molar-refractivity contribution in [1.82, 2.24) is 5.32 Å². The number of aryl methyl sites for hydroxylation is 2. The van der Waals surface area contributed by atoms with Crippen molar-refractivity contribution in [1.29, 1.82) is 0 Å². The molecular weight excluding hydrogens is 262 g/mol. The zero-order valence-corrected chi connectivity index (χ0v) is 12.5. The molecule has 2 aromatic carbocycles. The first-order valence-electron chi connectivity index (χ1n) is 7.14. The SMILES string of the molecule is Cc1ccc(C)c(C(=O)NCCc2ccc(CO)cc2)c1. The van der Waals surface area contributed by atoms with Gasteiger partial charge in [0.05, 0.1) is 6.61 Å². The van der Waals surface area contributed by atoms with Crippen LogP contribution in [-0.2, 0) is 13.0 Å². The Bertz CT molecular complexity index is 618. The number of carbonyl (C=O) groups is 1. The lowest BCUT2D eigenvalue weighted by atomic mass is 10.0.